The molecule has 2 unspecified atom stereocenters. The number of unbranched alkanes of at least 4 members (excludes halogenated alkanes) is 4. The van der Waals surface area contributed by atoms with Crippen LogP contribution in [-0.2, 0) is 0 Å². The van der Waals surface area contributed by atoms with Crippen molar-refractivity contribution in [3.8, 4) is 12.1 Å². The fourth-order valence-corrected chi connectivity index (χ4v) is 5.10. The number of rotatable bonds is 10. The molecule has 2 aliphatic rings. The normalized spacial score (nSPS) is 23.1. The summed E-state index contributed by atoms with van der Waals surface area (Å²) in [6.45, 7) is 0. The smallest absolute Gasteiger partial charge is 0.0791 e. The van der Waals surface area contributed by atoms with Crippen LogP contribution in [0, 0.1) is 33.5 Å². The van der Waals surface area contributed by atoms with E-state index in [9.17, 15) is 10.5 Å². The molecule has 0 saturated heterocycles. The molecule has 176 valence electrons. The fraction of sp³-hybridized carbons (Fsp3) is 0.333. The molecule has 0 amide bonds. The van der Waals surface area contributed by atoms with Crippen LogP contribution in [-0.4, -0.2) is 0 Å². The standard InChI is InChI=1S/C33H34N2/c34-26-32(22-16-30(17-23-32)28-12-6-4-7-13-28)20-10-2-1-3-11-21-33(27-35)24-18-31(19-25-33)29-14-8-5-9-15-29/h4-9,12-19,22,24H,1-3,10-11,20-21,23,25H2. The van der Waals surface area contributed by atoms with Gasteiger partial charge in [-0.25, -0.2) is 0 Å². The lowest BCUT2D eigenvalue weighted by Crippen LogP contribution is -2.17. The first kappa shape index (κ1) is 24.5. The highest BCUT2D eigenvalue weighted by atomic mass is 14.4. The molecule has 0 saturated carbocycles. The molecule has 35 heavy (non-hydrogen) atoms. The van der Waals surface area contributed by atoms with Crippen molar-refractivity contribution in [1.29, 1.82) is 10.5 Å². The minimum Gasteiger partial charge on any atom is -0.197 e. The van der Waals surface area contributed by atoms with Crippen molar-refractivity contribution in [1.82, 2.24) is 0 Å². The molecule has 2 heteroatoms. The SMILES string of the molecule is N#CC1(CCCCCCCC2(C#N)C=CC(c3ccccc3)=CC2)C=CC(c2ccccc2)=CC1. The molecular weight excluding hydrogens is 424 g/mol. The topological polar surface area (TPSA) is 47.6 Å². The maximum Gasteiger partial charge on any atom is 0.0791 e. The first-order valence-corrected chi connectivity index (χ1v) is 12.9. The molecule has 0 spiro atoms. The average Bonchev–Trinajstić information content (AvgIpc) is 2.94. The molecule has 0 aromatic heterocycles. The predicted octanol–water partition coefficient (Wildman–Crippen LogP) is 8.82. The number of nitriles is 2. The van der Waals surface area contributed by atoms with Crippen molar-refractivity contribution in [2.45, 2.75) is 57.8 Å². The third-order valence-electron chi connectivity index (χ3n) is 7.44. The van der Waals surface area contributed by atoms with Gasteiger partial charge in [-0.05, 0) is 48.0 Å². The van der Waals surface area contributed by atoms with Gasteiger partial charge in [0.15, 0.2) is 0 Å². The molecule has 2 aliphatic carbocycles. The molecular formula is C33H34N2. The van der Waals surface area contributed by atoms with E-state index >= 15 is 0 Å². The Labute approximate surface area is 210 Å². The van der Waals surface area contributed by atoms with Crippen molar-refractivity contribution >= 4 is 11.1 Å². The Bertz CT molecular complexity index is 1090. The van der Waals surface area contributed by atoms with Crippen LogP contribution in [0.4, 0.5) is 0 Å². The quantitative estimate of drug-likeness (QED) is 0.334. The number of benzene rings is 2. The Kier molecular flexibility index (Phi) is 8.18. The molecule has 0 heterocycles. The molecule has 2 aromatic rings. The van der Waals surface area contributed by atoms with Crippen LogP contribution >= 0.6 is 0 Å². The number of allylic oxidation sites excluding steroid dienone is 8. The van der Waals surface area contributed by atoms with Gasteiger partial charge in [0, 0.05) is 0 Å². The highest BCUT2D eigenvalue weighted by Gasteiger charge is 2.29. The van der Waals surface area contributed by atoms with Gasteiger partial charge in [-0.1, -0.05) is 129 Å². The van der Waals surface area contributed by atoms with E-state index in [1.165, 1.54) is 22.3 Å². The number of nitrogens with zero attached hydrogens (tertiary/aromatic N) is 2. The molecule has 0 radical (unpaired) electrons. The lowest BCUT2D eigenvalue weighted by Gasteiger charge is -2.26. The zero-order valence-corrected chi connectivity index (χ0v) is 20.5. The minimum absolute atomic E-state index is 0.362. The van der Waals surface area contributed by atoms with Crippen molar-refractivity contribution in [3.63, 3.8) is 0 Å². The Morgan fingerprint density at radius 1 is 0.571 bits per heavy atom. The maximum atomic E-state index is 9.86. The van der Waals surface area contributed by atoms with Crippen LogP contribution in [0.5, 0.6) is 0 Å². The summed E-state index contributed by atoms with van der Waals surface area (Å²) in [5, 5.41) is 19.7. The van der Waals surface area contributed by atoms with Gasteiger partial charge in [0.25, 0.3) is 0 Å². The molecule has 2 atom stereocenters. The Hall–Kier alpha value is -3.62. The van der Waals surface area contributed by atoms with E-state index in [0.717, 1.165) is 57.8 Å². The van der Waals surface area contributed by atoms with E-state index in [-0.39, 0.29) is 10.8 Å². The molecule has 0 bridgehead atoms. The highest BCUT2D eigenvalue weighted by molar-refractivity contribution is 5.76. The minimum atomic E-state index is -0.362. The third-order valence-corrected chi connectivity index (χ3v) is 7.44. The molecule has 2 nitrogen and oxygen atoms in total. The van der Waals surface area contributed by atoms with E-state index in [2.05, 4.69) is 97.1 Å². The van der Waals surface area contributed by atoms with Gasteiger partial charge in [-0.2, -0.15) is 10.5 Å². The second-order valence-electron chi connectivity index (χ2n) is 9.93. The van der Waals surface area contributed by atoms with E-state index in [1.807, 2.05) is 12.1 Å². The lowest BCUT2D eigenvalue weighted by atomic mass is 9.76. The van der Waals surface area contributed by atoms with Gasteiger partial charge in [-0.15, -0.1) is 0 Å². The summed E-state index contributed by atoms with van der Waals surface area (Å²) in [5.74, 6) is 0. The van der Waals surface area contributed by atoms with Crippen LogP contribution < -0.4 is 0 Å². The number of hydrogen-bond donors (Lipinski definition) is 0. The second-order valence-corrected chi connectivity index (χ2v) is 9.93. The number of hydrogen-bond acceptors (Lipinski definition) is 2. The maximum absolute atomic E-state index is 9.86. The monoisotopic (exact) mass is 458 g/mol. The average molecular weight is 459 g/mol. The summed E-state index contributed by atoms with van der Waals surface area (Å²) >= 11 is 0. The largest absolute Gasteiger partial charge is 0.197 e. The van der Waals surface area contributed by atoms with Crippen LogP contribution in [0.25, 0.3) is 11.1 Å². The van der Waals surface area contributed by atoms with Crippen molar-refractivity contribution in [3.05, 3.63) is 108 Å². The van der Waals surface area contributed by atoms with Gasteiger partial charge >= 0.3 is 0 Å². The van der Waals surface area contributed by atoms with Crippen LogP contribution in [0.1, 0.15) is 68.9 Å². The second kappa shape index (κ2) is 11.7. The summed E-state index contributed by atoms with van der Waals surface area (Å²) in [6, 6.07) is 25.9. The van der Waals surface area contributed by atoms with Gasteiger partial charge < -0.3 is 0 Å². The van der Waals surface area contributed by atoms with Crippen molar-refractivity contribution < 1.29 is 0 Å². The Morgan fingerprint density at radius 2 is 0.971 bits per heavy atom. The fourth-order valence-electron chi connectivity index (χ4n) is 5.10. The summed E-state index contributed by atoms with van der Waals surface area (Å²) in [6.07, 6.45) is 21.9. The first-order chi connectivity index (χ1) is 17.2. The summed E-state index contributed by atoms with van der Waals surface area (Å²) < 4.78 is 0. The van der Waals surface area contributed by atoms with Gasteiger partial charge in [0.2, 0.25) is 0 Å². The Balaban J connectivity index is 1.16. The van der Waals surface area contributed by atoms with Crippen LogP contribution in [0.2, 0.25) is 0 Å². The van der Waals surface area contributed by atoms with Crippen LogP contribution in [0.15, 0.2) is 97.1 Å². The van der Waals surface area contributed by atoms with Crippen molar-refractivity contribution in [2.24, 2.45) is 10.8 Å². The van der Waals surface area contributed by atoms with E-state index < -0.39 is 0 Å². The van der Waals surface area contributed by atoms with E-state index in [0.29, 0.717) is 0 Å². The van der Waals surface area contributed by atoms with Crippen LogP contribution in [0.3, 0.4) is 0 Å². The molecule has 0 aliphatic heterocycles. The molecule has 4 rings (SSSR count). The summed E-state index contributed by atoms with van der Waals surface area (Å²) in [5.41, 5.74) is 4.13. The molecule has 2 aromatic carbocycles. The van der Waals surface area contributed by atoms with E-state index in [4.69, 9.17) is 0 Å². The highest BCUT2D eigenvalue weighted by Crippen LogP contribution is 2.38. The first-order valence-electron chi connectivity index (χ1n) is 12.9. The van der Waals surface area contributed by atoms with Crippen molar-refractivity contribution in [2.75, 3.05) is 0 Å². The molecule has 0 fully saturated rings. The summed E-state index contributed by atoms with van der Waals surface area (Å²) in [7, 11) is 0. The van der Waals surface area contributed by atoms with E-state index in [1.54, 1.807) is 0 Å². The Morgan fingerprint density at radius 3 is 1.31 bits per heavy atom. The predicted molar refractivity (Wildman–Crippen MR) is 145 cm³/mol. The van der Waals surface area contributed by atoms with Gasteiger partial charge in [0.05, 0.1) is 23.0 Å². The zero-order chi connectivity index (χ0) is 24.4. The third kappa shape index (κ3) is 6.29. The van der Waals surface area contributed by atoms with Gasteiger partial charge in [0.1, 0.15) is 0 Å². The lowest BCUT2D eigenvalue weighted by molar-refractivity contribution is 0.413. The van der Waals surface area contributed by atoms with Gasteiger partial charge in [-0.3, -0.25) is 0 Å². The zero-order valence-electron chi connectivity index (χ0n) is 20.5. The molecule has 0 N–H and O–H groups in total. The summed E-state index contributed by atoms with van der Waals surface area (Å²) in [4.78, 5) is 0.